The van der Waals surface area contributed by atoms with E-state index in [4.69, 9.17) is 0 Å². The number of hydrogen-bond acceptors (Lipinski definition) is 1. The number of H-pyrrole nitrogens is 1. The third-order valence-electron chi connectivity index (χ3n) is 2.14. The molecule has 1 N–H and O–H groups in total. The lowest BCUT2D eigenvalue weighted by atomic mass is 10.1. The third kappa shape index (κ3) is 2.65. The highest BCUT2D eigenvalue weighted by Gasteiger charge is 2.37. The number of nitrogens with one attached hydrogen (secondary N) is 1. The predicted molar refractivity (Wildman–Crippen MR) is 69.4 cm³/mol. The molecule has 2 rings (SSSR count). The summed E-state index contributed by atoms with van der Waals surface area (Å²) in [6.07, 6.45) is -4.43. The van der Waals surface area contributed by atoms with Crippen molar-refractivity contribution in [2.75, 3.05) is 0 Å². The Bertz CT molecular complexity index is 533. The molecule has 0 amide bonds. The third-order valence-corrected chi connectivity index (χ3v) is 3.45. The number of rotatable bonds is 1. The molecule has 2 nitrogen and oxygen atoms in total. The number of aromatic nitrogens is 2. The lowest BCUT2D eigenvalue weighted by Crippen LogP contribution is -2.07. The zero-order valence-electron chi connectivity index (χ0n) is 8.15. The van der Waals surface area contributed by atoms with E-state index in [9.17, 15) is 13.2 Å². The highest BCUT2D eigenvalue weighted by molar-refractivity contribution is 14.1. The van der Waals surface area contributed by atoms with E-state index >= 15 is 0 Å². The Morgan fingerprint density at radius 3 is 2.29 bits per heavy atom. The van der Waals surface area contributed by atoms with Crippen molar-refractivity contribution in [3.8, 4) is 11.1 Å². The Labute approximate surface area is 117 Å². The SMILES string of the molecule is FC(F)(F)c1[nH]nc(I)c1-c1ccc(Br)cc1. The van der Waals surface area contributed by atoms with Crippen molar-refractivity contribution in [3.05, 3.63) is 38.1 Å². The van der Waals surface area contributed by atoms with Gasteiger partial charge in [0.15, 0.2) is 0 Å². The molecule has 7 heteroatoms. The van der Waals surface area contributed by atoms with Gasteiger partial charge in [0.1, 0.15) is 9.39 Å². The second kappa shape index (κ2) is 4.60. The van der Waals surface area contributed by atoms with Crippen molar-refractivity contribution in [1.82, 2.24) is 10.2 Å². The summed E-state index contributed by atoms with van der Waals surface area (Å²) in [7, 11) is 0. The molecule has 0 spiro atoms. The van der Waals surface area contributed by atoms with E-state index in [1.165, 1.54) is 0 Å². The van der Waals surface area contributed by atoms with Gasteiger partial charge in [0, 0.05) is 10.0 Å². The Morgan fingerprint density at radius 1 is 1.18 bits per heavy atom. The predicted octanol–water partition coefficient (Wildman–Crippen LogP) is 4.46. The quantitative estimate of drug-likeness (QED) is 0.683. The van der Waals surface area contributed by atoms with E-state index < -0.39 is 11.9 Å². The molecule has 2 aromatic rings. The Kier molecular flexibility index (Phi) is 3.48. The molecule has 0 aliphatic rings. The topological polar surface area (TPSA) is 28.7 Å². The maximum absolute atomic E-state index is 12.7. The summed E-state index contributed by atoms with van der Waals surface area (Å²) in [6, 6.07) is 6.62. The number of benzene rings is 1. The Morgan fingerprint density at radius 2 is 1.76 bits per heavy atom. The van der Waals surface area contributed by atoms with Crippen molar-refractivity contribution in [1.29, 1.82) is 0 Å². The molecular formula is C10H5BrF3IN2. The first kappa shape index (κ1) is 12.9. The van der Waals surface area contributed by atoms with Gasteiger partial charge in [-0.15, -0.1) is 0 Å². The van der Waals surface area contributed by atoms with Crippen LogP contribution in [-0.2, 0) is 6.18 Å². The highest BCUT2D eigenvalue weighted by atomic mass is 127. The van der Waals surface area contributed by atoms with Gasteiger partial charge < -0.3 is 0 Å². The van der Waals surface area contributed by atoms with Crippen LogP contribution >= 0.6 is 38.5 Å². The molecule has 0 fully saturated rings. The van der Waals surface area contributed by atoms with Gasteiger partial charge in [-0.2, -0.15) is 18.3 Å². The minimum Gasteiger partial charge on any atom is -0.272 e. The average Bonchev–Trinajstić information content (AvgIpc) is 2.61. The first-order valence-electron chi connectivity index (χ1n) is 4.46. The summed E-state index contributed by atoms with van der Waals surface area (Å²) >= 11 is 5.02. The summed E-state index contributed by atoms with van der Waals surface area (Å²) in [6.45, 7) is 0. The van der Waals surface area contributed by atoms with Gasteiger partial charge in [0.25, 0.3) is 0 Å². The molecule has 0 aliphatic carbocycles. The van der Waals surface area contributed by atoms with Gasteiger partial charge in [-0.05, 0) is 40.3 Å². The van der Waals surface area contributed by atoms with Crippen LogP contribution in [0.2, 0.25) is 0 Å². The second-order valence-electron chi connectivity index (χ2n) is 3.27. The van der Waals surface area contributed by atoms with Crippen molar-refractivity contribution in [3.63, 3.8) is 0 Å². The van der Waals surface area contributed by atoms with E-state index in [0.29, 0.717) is 9.26 Å². The lowest BCUT2D eigenvalue weighted by Gasteiger charge is -2.07. The Hall–Kier alpha value is -0.570. The van der Waals surface area contributed by atoms with Crippen molar-refractivity contribution < 1.29 is 13.2 Å². The molecule has 0 saturated heterocycles. The number of aromatic amines is 1. The van der Waals surface area contributed by atoms with E-state index in [-0.39, 0.29) is 5.56 Å². The number of hydrogen-bond donors (Lipinski definition) is 1. The zero-order valence-corrected chi connectivity index (χ0v) is 11.9. The Balaban J connectivity index is 2.59. The minimum absolute atomic E-state index is 0.0885. The normalized spacial score (nSPS) is 11.8. The molecule has 0 saturated carbocycles. The standard InChI is InChI=1S/C10H5BrF3IN2/c11-6-3-1-5(2-4-6)7-8(10(12,13)14)16-17-9(7)15/h1-4H,(H,16,17). The van der Waals surface area contributed by atoms with Crippen LogP contribution < -0.4 is 0 Å². The van der Waals surface area contributed by atoms with Crippen LogP contribution in [-0.4, -0.2) is 10.2 Å². The van der Waals surface area contributed by atoms with Crippen LogP contribution in [0, 0.1) is 3.70 Å². The van der Waals surface area contributed by atoms with E-state index in [2.05, 4.69) is 21.0 Å². The van der Waals surface area contributed by atoms with Crippen LogP contribution in [0.5, 0.6) is 0 Å². The molecule has 0 atom stereocenters. The molecule has 0 aliphatic heterocycles. The number of halogens is 5. The highest BCUT2D eigenvalue weighted by Crippen LogP contribution is 2.38. The fourth-order valence-corrected chi connectivity index (χ4v) is 2.37. The van der Waals surface area contributed by atoms with Gasteiger partial charge in [0.05, 0.1) is 0 Å². The molecule has 1 heterocycles. The summed E-state index contributed by atoms with van der Waals surface area (Å²) in [5, 5.41) is 5.64. The number of nitrogens with zero attached hydrogens (tertiary/aromatic N) is 1. The zero-order chi connectivity index (χ0) is 12.6. The van der Waals surface area contributed by atoms with Crippen LogP contribution in [0.15, 0.2) is 28.7 Å². The molecule has 90 valence electrons. The van der Waals surface area contributed by atoms with Gasteiger partial charge >= 0.3 is 6.18 Å². The summed E-state index contributed by atoms with van der Waals surface area (Å²) in [5.74, 6) is 0. The smallest absolute Gasteiger partial charge is 0.272 e. The van der Waals surface area contributed by atoms with Crippen molar-refractivity contribution >= 4 is 38.5 Å². The average molecular weight is 417 g/mol. The van der Waals surface area contributed by atoms with Crippen molar-refractivity contribution in [2.24, 2.45) is 0 Å². The maximum Gasteiger partial charge on any atom is 0.433 e. The minimum atomic E-state index is -4.43. The monoisotopic (exact) mass is 416 g/mol. The summed E-state index contributed by atoms with van der Waals surface area (Å²) < 4.78 is 39.3. The van der Waals surface area contributed by atoms with Gasteiger partial charge in [0.2, 0.25) is 0 Å². The van der Waals surface area contributed by atoms with Crippen molar-refractivity contribution in [2.45, 2.75) is 6.18 Å². The maximum atomic E-state index is 12.7. The molecule has 17 heavy (non-hydrogen) atoms. The summed E-state index contributed by atoms with van der Waals surface area (Å²) in [5.41, 5.74) is -0.242. The van der Waals surface area contributed by atoms with Crippen LogP contribution in [0.4, 0.5) is 13.2 Å². The van der Waals surface area contributed by atoms with E-state index in [0.717, 1.165) is 4.47 Å². The molecule has 1 aromatic carbocycles. The van der Waals surface area contributed by atoms with Gasteiger partial charge in [-0.1, -0.05) is 28.1 Å². The van der Waals surface area contributed by atoms with E-state index in [1.54, 1.807) is 46.9 Å². The van der Waals surface area contributed by atoms with Gasteiger partial charge in [-0.25, -0.2) is 0 Å². The molecule has 1 aromatic heterocycles. The molecular weight excluding hydrogens is 412 g/mol. The first-order valence-corrected chi connectivity index (χ1v) is 6.34. The lowest BCUT2D eigenvalue weighted by molar-refractivity contribution is -0.140. The van der Waals surface area contributed by atoms with E-state index in [1.807, 2.05) is 5.10 Å². The fraction of sp³-hybridized carbons (Fsp3) is 0.100. The molecule has 0 bridgehead atoms. The van der Waals surface area contributed by atoms with Crippen LogP contribution in [0.3, 0.4) is 0 Å². The van der Waals surface area contributed by atoms with Crippen LogP contribution in [0.25, 0.3) is 11.1 Å². The van der Waals surface area contributed by atoms with Crippen LogP contribution in [0.1, 0.15) is 5.69 Å². The molecule has 0 radical (unpaired) electrons. The first-order chi connectivity index (χ1) is 7.89. The fourth-order valence-electron chi connectivity index (χ4n) is 1.41. The largest absolute Gasteiger partial charge is 0.433 e. The number of alkyl halides is 3. The van der Waals surface area contributed by atoms with Gasteiger partial charge in [-0.3, -0.25) is 5.10 Å². The molecule has 0 unspecified atom stereocenters. The second-order valence-corrected chi connectivity index (χ2v) is 5.21. The summed E-state index contributed by atoms with van der Waals surface area (Å²) in [4.78, 5) is 0.